The maximum atomic E-state index is 13.9. The molecule has 1 aliphatic carbocycles. The quantitative estimate of drug-likeness (QED) is 0.230. The summed E-state index contributed by atoms with van der Waals surface area (Å²) in [6.45, 7) is 0. The molecule has 0 aliphatic heterocycles. The average molecular weight is 473 g/mol. The van der Waals surface area contributed by atoms with Crippen molar-refractivity contribution in [3.8, 4) is 0 Å². The highest BCUT2D eigenvalue weighted by Gasteiger charge is 2.29. The van der Waals surface area contributed by atoms with Gasteiger partial charge in [0.25, 0.3) is 0 Å². The van der Waals surface area contributed by atoms with E-state index in [0.717, 1.165) is 69.6 Å². The van der Waals surface area contributed by atoms with Crippen LogP contribution in [-0.4, -0.2) is 21.3 Å². The molecule has 1 fully saturated rings. The number of aromatic amines is 1. The number of fused-ring (bicyclic) bond motifs is 1. The van der Waals surface area contributed by atoms with E-state index < -0.39 is 5.97 Å². The molecule has 0 unspecified atom stereocenters. The fourth-order valence-corrected chi connectivity index (χ4v) is 4.80. The number of allylic oxidation sites excluding steroid dienone is 1. The van der Waals surface area contributed by atoms with Gasteiger partial charge in [-0.3, -0.25) is 5.10 Å². The summed E-state index contributed by atoms with van der Waals surface area (Å²) in [5, 5.41) is 17.6. The van der Waals surface area contributed by atoms with Crippen LogP contribution < -0.4 is 0 Å². The maximum absolute atomic E-state index is 13.9. The lowest BCUT2D eigenvalue weighted by Crippen LogP contribution is -2.15. The SMILES string of the molecule is O=C(O)C=Cc1ccc(C(=C(c2ccc(F)cc2Cl)C2CCC2)c2cccc3[nH]ncc23)cc1. The zero-order chi connectivity index (χ0) is 23.7. The summed E-state index contributed by atoms with van der Waals surface area (Å²) in [6, 6.07) is 18.4. The van der Waals surface area contributed by atoms with Crippen LogP contribution >= 0.6 is 11.6 Å². The van der Waals surface area contributed by atoms with Gasteiger partial charge in [0.15, 0.2) is 0 Å². The molecule has 1 saturated carbocycles. The largest absolute Gasteiger partial charge is 0.478 e. The first-order valence-electron chi connectivity index (χ1n) is 11.1. The van der Waals surface area contributed by atoms with Crippen molar-refractivity contribution in [2.24, 2.45) is 5.92 Å². The van der Waals surface area contributed by atoms with Gasteiger partial charge >= 0.3 is 5.97 Å². The van der Waals surface area contributed by atoms with Gasteiger partial charge in [-0.05, 0) is 76.4 Å². The van der Waals surface area contributed by atoms with E-state index in [0.29, 0.717) is 10.9 Å². The Balaban J connectivity index is 1.79. The Bertz CT molecular complexity index is 1430. The van der Waals surface area contributed by atoms with Crippen LogP contribution in [0.1, 0.15) is 41.5 Å². The minimum Gasteiger partial charge on any atom is -0.478 e. The highest BCUT2D eigenvalue weighted by Crippen LogP contribution is 2.47. The lowest BCUT2D eigenvalue weighted by Gasteiger charge is -2.32. The Morgan fingerprint density at radius 2 is 1.88 bits per heavy atom. The van der Waals surface area contributed by atoms with E-state index in [4.69, 9.17) is 16.7 Å². The fourth-order valence-electron chi connectivity index (χ4n) is 4.53. The molecule has 3 aromatic carbocycles. The molecule has 1 aliphatic rings. The third kappa shape index (κ3) is 4.27. The minimum absolute atomic E-state index is 0.298. The van der Waals surface area contributed by atoms with Gasteiger partial charge in [-0.1, -0.05) is 60.5 Å². The third-order valence-corrected chi connectivity index (χ3v) is 6.69. The maximum Gasteiger partial charge on any atom is 0.328 e. The number of hydrogen-bond donors (Lipinski definition) is 2. The summed E-state index contributed by atoms with van der Waals surface area (Å²) in [4.78, 5) is 10.9. The van der Waals surface area contributed by atoms with Crippen LogP contribution in [0.2, 0.25) is 5.02 Å². The molecule has 2 N–H and O–H groups in total. The molecule has 34 heavy (non-hydrogen) atoms. The molecule has 0 saturated heterocycles. The van der Waals surface area contributed by atoms with Crippen LogP contribution in [0.5, 0.6) is 0 Å². The topological polar surface area (TPSA) is 66.0 Å². The van der Waals surface area contributed by atoms with Gasteiger partial charge < -0.3 is 5.11 Å². The number of benzene rings is 3. The van der Waals surface area contributed by atoms with Crippen LogP contribution in [0.4, 0.5) is 4.39 Å². The average Bonchev–Trinajstić information content (AvgIpc) is 3.27. The van der Waals surface area contributed by atoms with E-state index in [1.54, 1.807) is 12.1 Å². The Morgan fingerprint density at radius 1 is 1.09 bits per heavy atom. The van der Waals surface area contributed by atoms with Crippen LogP contribution in [0.3, 0.4) is 0 Å². The van der Waals surface area contributed by atoms with E-state index in [2.05, 4.69) is 16.3 Å². The van der Waals surface area contributed by atoms with Crippen molar-refractivity contribution in [1.29, 1.82) is 0 Å². The standard InChI is InChI=1S/C28H22ClFN2O2/c29-24-15-20(30)12-13-22(24)28(18-3-1-4-18)27(21-5-2-6-25-23(21)16-31-32-25)19-10-7-17(8-11-19)9-14-26(33)34/h2,5-16,18H,1,3-4H2,(H,31,32)(H,33,34). The number of nitrogens with zero attached hydrogens (tertiary/aromatic N) is 1. The molecule has 0 radical (unpaired) electrons. The molecule has 0 bridgehead atoms. The lowest BCUT2D eigenvalue weighted by molar-refractivity contribution is -0.131. The summed E-state index contributed by atoms with van der Waals surface area (Å²) >= 11 is 6.60. The van der Waals surface area contributed by atoms with Crippen molar-refractivity contribution in [1.82, 2.24) is 10.2 Å². The van der Waals surface area contributed by atoms with Crippen LogP contribution in [0.25, 0.3) is 28.1 Å². The third-order valence-electron chi connectivity index (χ3n) is 6.38. The first kappa shape index (κ1) is 22.1. The van der Waals surface area contributed by atoms with E-state index in [-0.39, 0.29) is 5.82 Å². The van der Waals surface area contributed by atoms with Crippen molar-refractivity contribution < 1.29 is 14.3 Å². The molecule has 4 nitrogen and oxygen atoms in total. The Hall–Kier alpha value is -3.70. The molecular weight excluding hydrogens is 451 g/mol. The normalized spacial score (nSPS) is 14.9. The van der Waals surface area contributed by atoms with Crippen molar-refractivity contribution in [3.05, 3.63) is 106 Å². The second-order valence-corrected chi connectivity index (χ2v) is 8.88. The fraction of sp³-hybridized carbons (Fsp3) is 0.143. The second kappa shape index (κ2) is 9.27. The van der Waals surface area contributed by atoms with E-state index in [1.165, 1.54) is 12.1 Å². The van der Waals surface area contributed by atoms with E-state index >= 15 is 0 Å². The lowest BCUT2D eigenvalue weighted by atomic mass is 9.72. The number of carboxylic acids is 1. The minimum atomic E-state index is -0.991. The van der Waals surface area contributed by atoms with Gasteiger partial charge in [-0.25, -0.2) is 9.18 Å². The number of nitrogens with one attached hydrogen (secondary N) is 1. The first-order chi connectivity index (χ1) is 16.5. The summed E-state index contributed by atoms with van der Waals surface area (Å²) in [5.41, 5.74) is 6.66. The Morgan fingerprint density at radius 3 is 2.56 bits per heavy atom. The van der Waals surface area contributed by atoms with E-state index in [1.807, 2.05) is 42.6 Å². The number of carbonyl (C=O) groups is 1. The van der Waals surface area contributed by atoms with Gasteiger partial charge in [0, 0.05) is 11.5 Å². The molecule has 0 spiro atoms. The zero-order valence-electron chi connectivity index (χ0n) is 18.3. The molecular formula is C28H22ClFN2O2. The predicted molar refractivity (Wildman–Crippen MR) is 134 cm³/mol. The number of aliphatic carboxylic acids is 1. The van der Waals surface area contributed by atoms with Gasteiger partial charge in [0.1, 0.15) is 5.82 Å². The van der Waals surface area contributed by atoms with Crippen LogP contribution in [0.15, 0.2) is 72.9 Å². The molecule has 4 aromatic rings. The highest BCUT2D eigenvalue weighted by atomic mass is 35.5. The van der Waals surface area contributed by atoms with Gasteiger partial charge in [-0.2, -0.15) is 5.10 Å². The first-order valence-corrected chi connectivity index (χ1v) is 11.5. The van der Waals surface area contributed by atoms with E-state index in [9.17, 15) is 9.18 Å². The molecule has 5 rings (SSSR count). The summed E-state index contributed by atoms with van der Waals surface area (Å²) in [6.07, 6.45) is 7.71. The number of rotatable bonds is 6. The molecule has 0 amide bonds. The predicted octanol–water partition coefficient (Wildman–Crippen LogP) is 7.21. The molecule has 0 atom stereocenters. The van der Waals surface area contributed by atoms with Gasteiger partial charge in [-0.15, -0.1) is 0 Å². The molecule has 6 heteroatoms. The molecule has 170 valence electrons. The van der Waals surface area contributed by atoms with Crippen LogP contribution in [-0.2, 0) is 4.79 Å². The summed E-state index contributed by atoms with van der Waals surface area (Å²) in [5.74, 6) is -1.06. The number of halogens is 2. The van der Waals surface area contributed by atoms with Crippen molar-refractivity contribution in [3.63, 3.8) is 0 Å². The number of aromatic nitrogens is 2. The summed E-state index contributed by atoms with van der Waals surface area (Å²) in [7, 11) is 0. The Labute approximate surface area is 201 Å². The van der Waals surface area contributed by atoms with Crippen molar-refractivity contribution in [2.75, 3.05) is 0 Å². The van der Waals surface area contributed by atoms with Crippen molar-refractivity contribution >= 4 is 45.7 Å². The molecule has 1 aromatic heterocycles. The zero-order valence-corrected chi connectivity index (χ0v) is 19.0. The highest BCUT2D eigenvalue weighted by molar-refractivity contribution is 6.33. The monoisotopic (exact) mass is 472 g/mol. The number of carboxylic acid groups (broad SMARTS) is 1. The molecule has 1 heterocycles. The number of hydrogen-bond acceptors (Lipinski definition) is 2. The van der Waals surface area contributed by atoms with Crippen LogP contribution in [0, 0.1) is 11.7 Å². The van der Waals surface area contributed by atoms with Gasteiger partial charge in [0.2, 0.25) is 0 Å². The van der Waals surface area contributed by atoms with Gasteiger partial charge in [0.05, 0.1) is 16.7 Å². The Kier molecular flexibility index (Phi) is 6.03. The van der Waals surface area contributed by atoms with Crippen molar-refractivity contribution in [2.45, 2.75) is 19.3 Å². The second-order valence-electron chi connectivity index (χ2n) is 8.47. The smallest absolute Gasteiger partial charge is 0.328 e. The number of H-pyrrole nitrogens is 1. The summed E-state index contributed by atoms with van der Waals surface area (Å²) < 4.78 is 13.9.